The lowest BCUT2D eigenvalue weighted by Crippen LogP contribution is -2.29. The standard InChI is InChI=1S/C31H32N2O2/c1-22-6-5-7-24(18-22)21-33(17-16-26-20-32-29-9-4-3-8-27(26)29)30-14-12-25-19-23(10-13-28(25)30)11-15-31(34)35-2/h3-11,13,15,18-20,30,32H,12,14,16-17,21H2,1-2H3/b15-11+. The number of aromatic amines is 1. The molecule has 4 heteroatoms. The molecule has 4 aromatic rings. The third-order valence-corrected chi connectivity index (χ3v) is 7.08. The molecular formula is C31H32N2O2. The van der Waals surface area contributed by atoms with Crippen molar-refractivity contribution >= 4 is 22.9 Å². The van der Waals surface area contributed by atoms with Gasteiger partial charge in [-0.3, -0.25) is 4.90 Å². The van der Waals surface area contributed by atoms with Gasteiger partial charge >= 0.3 is 5.97 Å². The second kappa shape index (κ2) is 10.3. The number of fused-ring (bicyclic) bond motifs is 2. The summed E-state index contributed by atoms with van der Waals surface area (Å²) in [4.78, 5) is 17.6. The predicted octanol–water partition coefficient (Wildman–Crippen LogP) is 6.39. The number of ether oxygens (including phenoxy) is 1. The van der Waals surface area contributed by atoms with Crippen molar-refractivity contribution in [3.8, 4) is 0 Å². The SMILES string of the molecule is COC(=O)/C=C/c1ccc2c(c1)CCC2N(CCc1c[nH]c2ccccc12)Cc1cccc(C)c1. The molecule has 1 aliphatic carbocycles. The number of methoxy groups -OCH3 is 1. The van der Waals surface area contributed by atoms with Crippen LogP contribution in [-0.4, -0.2) is 29.5 Å². The number of rotatable bonds is 8. The Morgan fingerprint density at radius 2 is 2.00 bits per heavy atom. The molecule has 1 unspecified atom stereocenters. The molecule has 4 nitrogen and oxygen atoms in total. The Kier molecular flexibility index (Phi) is 6.82. The fourth-order valence-corrected chi connectivity index (χ4v) is 5.32. The highest BCUT2D eigenvalue weighted by atomic mass is 16.5. The van der Waals surface area contributed by atoms with E-state index >= 15 is 0 Å². The normalized spacial score (nSPS) is 15.2. The number of aromatic nitrogens is 1. The van der Waals surface area contributed by atoms with Gasteiger partial charge < -0.3 is 9.72 Å². The van der Waals surface area contributed by atoms with Crippen LogP contribution in [0.1, 0.15) is 45.8 Å². The minimum absolute atomic E-state index is 0.329. The average molecular weight is 465 g/mol. The Bertz CT molecular complexity index is 1370. The van der Waals surface area contributed by atoms with E-state index in [1.165, 1.54) is 51.9 Å². The van der Waals surface area contributed by atoms with Crippen molar-refractivity contribution in [3.05, 3.63) is 112 Å². The van der Waals surface area contributed by atoms with Crippen LogP contribution in [0.15, 0.2) is 79.0 Å². The van der Waals surface area contributed by atoms with Crippen molar-refractivity contribution in [2.45, 2.75) is 38.8 Å². The summed E-state index contributed by atoms with van der Waals surface area (Å²) in [7, 11) is 1.40. The molecule has 0 fully saturated rings. The number of aryl methyl sites for hydroxylation is 2. The molecule has 0 aliphatic heterocycles. The molecule has 0 bridgehead atoms. The van der Waals surface area contributed by atoms with E-state index in [1.54, 1.807) is 0 Å². The first-order valence-corrected chi connectivity index (χ1v) is 12.3. The molecule has 1 N–H and O–H groups in total. The van der Waals surface area contributed by atoms with E-state index in [1.807, 2.05) is 6.08 Å². The predicted molar refractivity (Wildman–Crippen MR) is 142 cm³/mol. The van der Waals surface area contributed by atoms with Crippen LogP contribution >= 0.6 is 0 Å². The van der Waals surface area contributed by atoms with Crippen molar-refractivity contribution in [1.82, 2.24) is 9.88 Å². The number of para-hydroxylation sites is 1. The minimum atomic E-state index is -0.329. The third kappa shape index (κ3) is 5.23. The first kappa shape index (κ1) is 23.1. The summed E-state index contributed by atoms with van der Waals surface area (Å²) in [5.74, 6) is -0.329. The summed E-state index contributed by atoms with van der Waals surface area (Å²) >= 11 is 0. The first-order valence-electron chi connectivity index (χ1n) is 12.3. The highest BCUT2D eigenvalue weighted by molar-refractivity contribution is 5.87. The van der Waals surface area contributed by atoms with Crippen molar-refractivity contribution in [2.24, 2.45) is 0 Å². The molecular weight excluding hydrogens is 432 g/mol. The topological polar surface area (TPSA) is 45.3 Å². The molecule has 1 heterocycles. The van der Waals surface area contributed by atoms with Gasteiger partial charge in [-0.2, -0.15) is 0 Å². The average Bonchev–Trinajstić information content (AvgIpc) is 3.49. The summed E-state index contributed by atoms with van der Waals surface area (Å²) in [5, 5.41) is 1.32. The highest BCUT2D eigenvalue weighted by Crippen LogP contribution is 2.37. The van der Waals surface area contributed by atoms with Crippen LogP contribution in [-0.2, 0) is 28.9 Å². The number of nitrogens with one attached hydrogen (secondary N) is 1. The van der Waals surface area contributed by atoms with Gasteiger partial charge in [-0.25, -0.2) is 4.79 Å². The van der Waals surface area contributed by atoms with E-state index in [4.69, 9.17) is 4.74 Å². The lowest BCUT2D eigenvalue weighted by molar-refractivity contribution is -0.134. The summed E-state index contributed by atoms with van der Waals surface area (Å²) in [5.41, 5.74) is 9.06. The summed E-state index contributed by atoms with van der Waals surface area (Å²) in [6.07, 6.45) is 8.65. The third-order valence-electron chi connectivity index (χ3n) is 7.08. The summed E-state index contributed by atoms with van der Waals surface area (Å²) < 4.78 is 4.73. The van der Waals surface area contributed by atoms with Gasteiger partial charge in [0.05, 0.1) is 7.11 Å². The Morgan fingerprint density at radius 3 is 2.86 bits per heavy atom. The van der Waals surface area contributed by atoms with Crippen LogP contribution in [0.3, 0.4) is 0 Å². The fourth-order valence-electron chi connectivity index (χ4n) is 5.32. The van der Waals surface area contributed by atoms with Crippen LogP contribution in [0.5, 0.6) is 0 Å². The Hall–Kier alpha value is -3.63. The molecule has 1 aliphatic rings. The highest BCUT2D eigenvalue weighted by Gasteiger charge is 2.28. The van der Waals surface area contributed by atoms with Crippen molar-refractivity contribution in [1.29, 1.82) is 0 Å². The van der Waals surface area contributed by atoms with Gasteiger partial charge in [0, 0.05) is 42.3 Å². The molecule has 1 aromatic heterocycles. The van der Waals surface area contributed by atoms with Gasteiger partial charge in [-0.1, -0.05) is 66.2 Å². The van der Waals surface area contributed by atoms with Crippen LogP contribution in [0, 0.1) is 6.92 Å². The quantitative estimate of drug-likeness (QED) is 0.243. The van der Waals surface area contributed by atoms with E-state index in [0.717, 1.165) is 37.9 Å². The Balaban J connectivity index is 1.40. The molecule has 0 saturated carbocycles. The number of H-pyrrole nitrogens is 1. The molecule has 5 rings (SSSR count). The van der Waals surface area contributed by atoms with Crippen LogP contribution < -0.4 is 0 Å². The second-order valence-corrected chi connectivity index (χ2v) is 9.44. The lowest BCUT2D eigenvalue weighted by atomic mass is 10.0. The van der Waals surface area contributed by atoms with E-state index in [-0.39, 0.29) is 5.97 Å². The van der Waals surface area contributed by atoms with E-state index in [0.29, 0.717) is 6.04 Å². The maximum Gasteiger partial charge on any atom is 0.330 e. The molecule has 0 spiro atoms. The van der Waals surface area contributed by atoms with E-state index < -0.39 is 0 Å². The van der Waals surface area contributed by atoms with Gasteiger partial charge in [-0.05, 0) is 66.1 Å². The van der Waals surface area contributed by atoms with Crippen molar-refractivity contribution in [3.63, 3.8) is 0 Å². The maximum atomic E-state index is 11.5. The lowest BCUT2D eigenvalue weighted by Gasteiger charge is -2.30. The number of nitrogens with zero attached hydrogens (tertiary/aromatic N) is 1. The van der Waals surface area contributed by atoms with Gasteiger partial charge in [0.25, 0.3) is 0 Å². The van der Waals surface area contributed by atoms with Gasteiger partial charge in [0.15, 0.2) is 0 Å². The molecule has 0 saturated heterocycles. The largest absolute Gasteiger partial charge is 0.466 e. The number of carbonyl (C=O) groups is 1. The van der Waals surface area contributed by atoms with Crippen LogP contribution in [0.2, 0.25) is 0 Å². The van der Waals surface area contributed by atoms with Gasteiger partial charge in [0.2, 0.25) is 0 Å². The van der Waals surface area contributed by atoms with Crippen molar-refractivity contribution < 1.29 is 9.53 Å². The zero-order valence-corrected chi connectivity index (χ0v) is 20.5. The van der Waals surface area contributed by atoms with Crippen LogP contribution in [0.4, 0.5) is 0 Å². The van der Waals surface area contributed by atoms with Crippen molar-refractivity contribution in [2.75, 3.05) is 13.7 Å². The summed E-state index contributed by atoms with van der Waals surface area (Å²) in [6.45, 7) is 4.08. The summed E-state index contributed by atoms with van der Waals surface area (Å²) in [6, 6.07) is 24.4. The Labute approximate surface area is 207 Å². The molecule has 178 valence electrons. The fraction of sp³-hybridized carbons (Fsp3) is 0.258. The van der Waals surface area contributed by atoms with E-state index in [2.05, 4.69) is 89.7 Å². The monoisotopic (exact) mass is 464 g/mol. The number of carbonyl (C=O) groups excluding carboxylic acids is 1. The second-order valence-electron chi connectivity index (χ2n) is 9.44. The zero-order valence-electron chi connectivity index (χ0n) is 20.5. The molecule has 35 heavy (non-hydrogen) atoms. The molecule has 0 radical (unpaired) electrons. The number of esters is 1. The Morgan fingerprint density at radius 1 is 1.11 bits per heavy atom. The van der Waals surface area contributed by atoms with Gasteiger partial charge in [-0.15, -0.1) is 0 Å². The van der Waals surface area contributed by atoms with E-state index in [9.17, 15) is 4.79 Å². The number of benzene rings is 3. The molecule has 0 amide bonds. The number of hydrogen-bond acceptors (Lipinski definition) is 3. The first-order chi connectivity index (χ1) is 17.1. The smallest absolute Gasteiger partial charge is 0.330 e. The van der Waals surface area contributed by atoms with Crippen LogP contribution in [0.25, 0.3) is 17.0 Å². The zero-order chi connectivity index (χ0) is 24.2. The maximum absolute atomic E-state index is 11.5. The van der Waals surface area contributed by atoms with Gasteiger partial charge in [0.1, 0.15) is 0 Å². The minimum Gasteiger partial charge on any atom is -0.466 e. The number of hydrogen-bond donors (Lipinski definition) is 1. The molecule has 1 atom stereocenters. The molecule has 3 aromatic carbocycles.